The largest absolute Gasteiger partial charge is 0.467 e. The van der Waals surface area contributed by atoms with Crippen LogP contribution in [-0.4, -0.2) is 5.91 Å². The highest BCUT2D eigenvalue weighted by atomic mass is 16.3. The molecule has 0 fully saturated rings. The average Bonchev–Trinajstić information content (AvgIpc) is 3.08. The van der Waals surface area contributed by atoms with Crippen molar-refractivity contribution in [3.63, 3.8) is 0 Å². The van der Waals surface area contributed by atoms with Crippen LogP contribution in [0.25, 0.3) is 0 Å². The Labute approximate surface area is 128 Å². The summed E-state index contributed by atoms with van der Waals surface area (Å²) in [6, 6.07) is 20.8. The Balaban J connectivity index is 1.89. The number of hydrogen-bond donors (Lipinski definition) is 2. The van der Waals surface area contributed by atoms with Crippen LogP contribution in [0.5, 0.6) is 0 Å². The molecule has 3 aromatic rings. The molecule has 0 radical (unpaired) electrons. The second kappa shape index (κ2) is 6.18. The van der Waals surface area contributed by atoms with E-state index in [1.807, 2.05) is 54.6 Å². The van der Waals surface area contributed by atoms with Gasteiger partial charge in [0, 0.05) is 11.3 Å². The van der Waals surface area contributed by atoms with Crippen LogP contribution in [-0.2, 0) is 0 Å². The summed E-state index contributed by atoms with van der Waals surface area (Å²) in [4.78, 5) is 11.1. The highest BCUT2D eigenvalue weighted by molar-refractivity contribution is 5.93. The molecule has 4 heteroatoms. The normalized spacial score (nSPS) is 11.8. The number of anilines is 1. The number of nitrogens with one attached hydrogen (secondary N) is 1. The summed E-state index contributed by atoms with van der Waals surface area (Å²) in [6.45, 7) is 0. The molecule has 0 aliphatic carbocycles. The predicted octanol–water partition coefficient (Wildman–Crippen LogP) is 3.58. The van der Waals surface area contributed by atoms with Gasteiger partial charge in [0.15, 0.2) is 0 Å². The van der Waals surface area contributed by atoms with E-state index in [1.165, 1.54) is 0 Å². The first-order chi connectivity index (χ1) is 10.7. The molecule has 1 heterocycles. The van der Waals surface area contributed by atoms with Crippen molar-refractivity contribution in [2.24, 2.45) is 5.73 Å². The minimum atomic E-state index is -0.433. The molecule has 1 aromatic heterocycles. The van der Waals surface area contributed by atoms with Crippen molar-refractivity contribution >= 4 is 11.6 Å². The van der Waals surface area contributed by atoms with Gasteiger partial charge in [0.2, 0.25) is 5.91 Å². The van der Waals surface area contributed by atoms with Crippen molar-refractivity contribution in [2.75, 3.05) is 5.32 Å². The summed E-state index contributed by atoms with van der Waals surface area (Å²) >= 11 is 0. The van der Waals surface area contributed by atoms with Crippen molar-refractivity contribution in [3.05, 3.63) is 89.9 Å². The van der Waals surface area contributed by atoms with Crippen LogP contribution in [0.15, 0.2) is 77.4 Å². The zero-order valence-electron chi connectivity index (χ0n) is 11.9. The molecule has 0 spiro atoms. The Morgan fingerprint density at radius 3 is 2.27 bits per heavy atom. The van der Waals surface area contributed by atoms with Crippen LogP contribution in [0, 0.1) is 0 Å². The summed E-state index contributed by atoms with van der Waals surface area (Å²) in [5.74, 6) is 0.391. The summed E-state index contributed by atoms with van der Waals surface area (Å²) in [6.07, 6.45) is 1.66. The van der Waals surface area contributed by atoms with Crippen molar-refractivity contribution < 1.29 is 9.21 Å². The maximum absolute atomic E-state index is 11.1. The molecule has 0 bridgehead atoms. The van der Waals surface area contributed by atoms with Crippen molar-refractivity contribution in [3.8, 4) is 0 Å². The number of primary amides is 1. The van der Waals surface area contributed by atoms with Crippen LogP contribution < -0.4 is 11.1 Å². The molecular weight excluding hydrogens is 276 g/mol. The van der Waals surface area contributed by atoms with Crippen LogP contribution >= 0.6 is 0 Å². The molecule has 1 amide bonds. The van der Waals surface area contributed by atoms with Crippen molar-refractivity contribution in [1.29, 1.82) is 0 Å². The number of hydrogen-bond acceptors (Lipinski definition) is 3. The van der Waals surface area contributed by atoms with E-state index in [0.717, 1.165) is 17.0 Å². The lowest BCUT2D eigenvalue weighted by Gasteiger charge is -2.18. The summed E-state index contributed by atoms with van der Waals surface area (Å²) in [5, 5.41) is 3.42. The lowest BCUT2D eigenvalue weighted by molar-refractivity contribution is 0.100. The van der Waals surface area contributed by atoms with Crippen LogP contribution in [0.4, 0.5) is 5.69 Å². The fourth-order valence-electron chi connectivity index (χ4n) is 2.32. The zero-order valence-corrected chi connectivity index (χ0v) is 11.9. The van der Waals surface area contributed by atoms with Gasteiger partial charge in [-0.15, -0.1) is 0 Å². The molecule has 110 valence electrons. The van der Waals surface area contributed by atoms with E-state index >= 15 is 0 Å². The third-order valence-corrected chi connectivity index (χ3v) is 3.44. The number of furan rings is 1. The van der Waals surface area contributed by atoms with E-state index in [9.17, 15) is 4.79 Å². The van der Waals surface area contributed by atoms with Gasteiger partial charge >= 0.3 is 0 Å². The second-order valence-corrected chi connectivity index (χ2v) is 4.95. The maximum Gasteiger partial charge on any atom is 0.248 e. The standard InChI is InChI=1S/C18H16N2O2/c19-18(21)14-8-10-15(11-9-14)20-17(16-7-4-12-22-16)13-5-2-1-3-6-13/h1-12,17,20H,(H2,19,21). The Bertz CT molecular complexity index is 735. The van der Waals surface area contributed by atoms with E-state index in [1.54, 1.807) is 18.4 Å². The van der Waals surface area contributed by atoms with Crippen molar-refractivity contribution in [2.45, 2.75) is 6.04 Å². The molecule has 1 unspecified atom stereocenters. The van der Waals surface area contributed by atoms with E-state index < -0.39 is 5.91 Å². The fraction of sp³-hybridized carbons (Fsp3) is 0.0556. The SMILES string of the molecule is NC(=O)c1ccc(NC(c2ccccc2)c2ccco2)cc1. The molecule has 3 rings (SSSR count). The zero-order chi connectivity index (χ0) is 15.4. The first-order valence-electron chi connectivity index (χ1n) is 6.99. The number of nitrogens with two attached hydrogens (primary N) is 1. The summed E-state index contributed by atoms with van der Waals surface area (Å²) in [5.41, 5.74) is 7.72. The Morgan fingerprint density at radius 1 is 0.955 bits per heavy atom. The monoisotopic (exact) mass is 292 g/mol. The first kappa shape index (κ1) is 13.9. The first-order valence-corrected chi connectivity index (χ1v) is 6.99. The maximum atomic E-state index is 11.1. The van der Waals surface area contributed by atoms with Gasteiger partial charge in [-0.05, 0) is 42.0 Å². The lowest BCUT2D eigenvalue weighted by Crippen LogP contribution is -2.13. The molecule has 0 aliphatic heterocycles. The van der Waals surface area contributed by atoms with E-state index in [0.29, 0.717) is 5.56 Å². The van der Waals surface area contributed by atoms with Gasteiger partial charge in [0.25, 0.3) is 0 Å². The number of amides is 1. The highest BCUT2D eigenvalue weighted by Gasteiger charge is 2.16. The van der Waals surface area contributed by atoms with Gasteiger partial charge in [-0.2, -0.15) is 0 Å². The van der Waals surface area contributed by atoms with Gasteiger partial charge in [-0.3, -0.25) is 4.79 Å². The van der Waals surface area contributed by atoms with Crippen LogP contribution in [0.3, 0.4) is 0 Å². The summed E-state index contributed by atoms with van der Waals surface area (Å²) < 4.78 is 5.55. The smallest absolute Gasteiger partial charge is 0.248 e. The molecule has 3 N–H and O–H groups in total. The molecule has 4 nitrogen and oxygen atoms in total. The van der Waals surface area contributed by atoms with Gasteiger partial charge in [0.05, 0.1) is 6.26 Å². The summed E-state index contributed by atoms with van der Waals surface area (Å²) in [7, 11) is 0. The topological polar surface area (TPSA) is 68.3 Å². The van der Waals surface area contributed by atoms with E-state index in [4.69, 9.17) is 10.2 Å². The van der Waals surface area contributed by atoms with Gasteiger partial charge < -0.3 is 15.5 Å². The average molecular weight is 292 g/mol. The third-order valence-electron chi connectivity index (χ3n) is 3.44. The molecule has 0 saturated heterocycles. The quantitative estimate of drug-likeness (QED) is 0.755. The van der Waals surface area contributed by atoms with Crippen molar-refractivity contribution in [1.82, 2.24) is 0 Å². The second-order valence-electron chi connectivity index (χ2n) is 4.95. The Kier molecular flexibility index (Phi) is 3.92. The lowest BCUT2D eigenvalue weighted by atomic mass is 10.0. The molecule has 0 saturated carbocycles. The number of carbonyl (C=O) groups excluding carboxylic acids is 1. The molecule has 22 heavy (non-hydrogen) atoms. The van der Waals surface area contributed by atoms with Crippen LogP contribution in [0.1, 0.15) is 27.7 Å². The minimum Gasteiger partial charge on any atom is -0.467 e. The molecule has 1 atom stereocenters. The van der Waals surface area contributed by atoms with E-state index in [-0.39, 0.29) is 6.04 Å². The van der Waals surface area contributed by atoms with Gasteiger partial charge in [-0.25, -0.2) is 0 Å². The Hall–Kier alpha value is -3.01. The number of carbonyl (C=O) groups is 1. The molecular formula is C18H16N2O2. The highest BCUT2D eigenvalue weighted by Crippen LogP contribution is 2.27. The van der Waals surface area contributed by atoms with Gasteiger partial charge in [0.1, 0.15) is 11.8 Å². The third kappa shape index (κ3) is 3.01. The van der Waals surface area contributed by atoms with E-state index in [2.05, 4.69) is 5.32 Å². The van der Waals surface area contributed by atoms with Gasteiger partial charge in [-0.1, -0.05) is 30.3 Å². The molecule has 2 aromatic carbocycles. The Morgan fingerprint density at radius 2 is 1.68 bits per heavy atom. The predicted molar refractivity (Wildman–Crippen MR) is 85.6 cm³/mol. The minimum absolute atomic E-state index is 0.101. The number of benzene rings is 2. The van der Waals surface area contributed by atoms with Crippen LogP contribution in [0.2, 0.25) is 0 Å². The fourth-order valence-corrected chi connectivity index (χ4v) is 2.32. The number of rotatable bonds is 5. The molecule has 0 aliphatic rings.